The molecule has 10 nitrogen and oxygen atoms in total. The zero-order chi connectivity index (χ0) is 28.1. The number of aliphatic imine (C=N–C) groups is 1. The van der Waals surface area contributed by atoms with E-state index >= 15 is 0 Å². The Morgan fingerprint density at radius 1 is 0.975 bits per heavy atom. The van der Waals surface area contributed by atoms with Gasteiger partial charge in [-0.05, 0) is 53.6 Å². The molecular weight excluding hydrogens is 512 g/mol. The van der Waals surface area contributed by atoms with Gasteiger partial charge in [0.05, 0.1) is 32.4 Å². The average Bonchev–Trinajstić information content (AvgIpc) is 3.38. The second kappa shape index (κ2) is 11.7. The third-order valence-corrected chi connectivity index (χ3v) is 6.61. The summed E-state index contributed by atoms with van der Waals surface area (Å²) in [6.07, 6.45) is 1.46. The predicted octanol–water partition coefficient (Wildman–Crippen LogP) is 6.00. The molecule has 0 saturated carbocycles. The Morgan fingerprint density at radius 2 is 1.60 bits per heavy atom. The molecule has 2 heterocycles. The summed E-state index contributed by atoms with van der Waals surface area (Å²) in [6, 6.07) is 21.8. The molecule has 4 aromatic rings. The molecule has 1 saturated heterocycles. The third-order valence-electron chi connectivity index (χ3n) is 6.61. The van der Waals surface area contributed by atoms with Crippen molar-refractivity contribution in [2.75, 3.05) is 45.4 Å². The zero-order valence-electron chi connectivity index (χ0n) is 22.0. The van der Waals surface area contributed by atoms with Crippen LogP contribution < -0.4 is 14.4 Å². The fourth-order valence-corrected chi connectivity index (χ4v) is 4.56. The van der Waals surface area contributed by atoms with Crippen LogP contribution in [0.15, 0.2) is 76.1 Å². The van der Waals surface area contributed by atoms with Crippen molar-refractivity contribution in [3.63, 3.8) is 0 Å². The number of methoxy groups -OCH3 is 2. The van der Waals surface area contributed by atoms with E-state index in [2.05, 4.69) is 11.1 Å². The van der Waals surface area contributed by atoms with Crippen molar-refractivity contribution in [2.45, 2.75) is 0 Å². The van der Waals surface area contributed by atoms with Gasteiger partial charge in [0.25, 0.3) is 5.69 Å². The number of benzene rings is 3. The molecule has 40 heavy (non-hydrogen) atoms. The van der Waals surface area contributed by atoms with E-state index in [-0.39, 0.29) is 17.1 Å². The highest BCUT2D eigenvalue weighted by atomic mass is 16.6. The van der Waals surface area contributed by atoms with E-state index in [9.17, 15) is 15.4 Å². The molecule has 0 N–H and O–H groups in total. The molecule has 3 aromatic carbocycles. The Hall–Kier alpha value is -5.14. The van der Waals surface area contributed by atoms with E-state index < -0.39 is 4.92 Å². The molecule has 0 radical (unpaired) electrons. The zero-order valence-corrected chi connectivity index (χ0v) is 22.0. The Labute approximate surface area is 230 Å². The van der Waals surface area contributed by atoms with E-state index in [0.717, 1.165) is 11.1 Å². The topological polar surface area (TPSA) is 123 Å². The Kier molecular flexibility index (Phi) is 7.75. The summed E-state index contributed by atoms with van der Waals surface area (Å²) in [5.41, 5.74) is 3.31. The smallest absolute Gasteiger partial charge is 0.293 e. The maximum absolute atomic E-state index is 11.9. The van der Waals surface area contributed by atoms with Gasteiger partial charge in [-0.3, -0.25) is 10.1 Å². The number of furan rings is 1. The minimum atomic E-state index is -0.403. The molecule has 1 aliphatic heterocycles. The van der Waals surface area contributed by atoms with Gasteiger partial charge in [-0.15, -0.1) is 0 Å². The summed E-state index contributed by atoms with van der Waals surface area (Å²) >= 11 is 0. The molecule has 0 bridgehead atoms. The number of nitriles is 1. The maximum Gasteiger partial charge on any atom is 0.293 e. The van der Waals surface area contributed by atoms with E-state index in [1.54, 1.807) is 50.6 Å². The third kappa shape index (κ3) is 5.36. The second-order valence-electron chi connectivity index (χ2n) is 8.92. The van der Waals surface area contributed by atoms with Gasteiger partial charge >= 0.3 is 0 Å². The van der Waals surface area contributed by atoms with Gasteiger partial charge in [0.1, 0.15) is 34.6 Å². The lowest BCUT2D eigenvalue weighted by Crippen LogP contribution is -2.36. The van der Waals surface area contributed by atoms with Crippen molar-refractivity contribution in [1.82, 2.24) is 0 Å². The average molecular weight is 539 g/mol. The van der Waals surface area contributed by atoms with E-state index in [1.165, 1.54) is 12.3 Å². The van der Waals surface area contributed by atoms with Crippen LogP contribution in [0.25, 0.3) is 22.5 Å². The molecule has 0 unspecified atom stereocenters. The number of anilines is 1. The van der Waals surface area contributed by atoms with Crippen molar-refractivity contribution in [1.29, 1.82) is 5.26 Å². The summed E-state index contributed by atoms with van der Waals surface area (Å²) < 4.78 is 22.1. The van der Waals surface area contributed by atoms with Crippen molar-refractivity contribution in [2.24, 2.45) is 4.99 Å². The van der Waals surface area contributed by atoms with Crippen LogP contribution in [0.3, 0.4) is 0 Å². The number of nitrogens with zero attached hydrogens (tertiary/aromatic N) is 4. The lowest BCUT2D eigenvalue weighted by molar-refractivity contribution is -0.384. The van der Waals surface area contributed by atoms with Crippen molar-refractivity contribution in [3.8, 4) is 40.0 Å². The number of nitro benzene ring substituents is 1. The van der Waals surface area contributed by atoms with Crippen LogP contribution in [0.4, 0.5) is 17.3 Å². The van der Waals surface area contributed by atoms with Crippen LogP contribution in [0, 0.1) is 21.4 Å². The minimum Gasteiger partial charge on any atom is -0.497 e. The molecule has 0 spiro atoms. The van der Waals surface area contributed by atoms with Gasteiger partial charge < -0.3 is 23.5 Å². The molecule has 0 aliphatic carbocycles. The quantitative estimate of drug-likeness (QED) is 0.152. The van der Waals surface area contributed by atoms with Crippen LogP contribution in [0.5, 0.6) is 11.5 Å². The summed E-state index contributed by atoms with van der Waals surface area (Å²) in [4.78, 5) is 17.9. The maximum atomic E-state index is 11.9. The summed E-state index contributed by atoms with van der Waals surface area (Å²) in [5, 5.41) is 22.0. The van der Waals surface area contributed by atoms with Crippen molar-refractivity contribution >= 4 is 23.5 Å². The Bertz CT molecular complexity index is 1580. The molecule has 1 aromatic heterocycles. The fourth-order valence-electron chi connectivity index (χ4n) is 4.56. The van der Waals surface area contributed by atoms with Crippen molar-refractivity contribution in [3.05, 3.63) is 88.0 Å². The molecule has 5 rings (SSSR count). The molecule has 1 fully saturated rings. The first-order valence-corrected chi connectivity index (χ1v) is 12.5. The molecular formula is C30H26N4O6. The summed E-state index contributed by atoms with van der Waals surface area (Å²) in [5.74, 6) is 1.92. The monoisotopic (exact) mass is 538 g/mol. The number of nitro groups is 1. The number of rotatable bonds is 8. The molecule has 0 atom stereocenters. The van der Waals surface area contributed by atoms with Gasteiger partial charge in [0.15, 0.2) is 0 Å². The molecule has 0 amide bonds. The van der Waals surface area contributed by atoms with Gasteiger partial charge in [-0.25, -0.2) is 4.99 Å². The number of hydrogen-bond donors (Lipinski definition) is 0. The Morgan fingerprint density at radius 3 is 2.17 bits per heavy atom. The summed E-state index contributed by atoms with van der Waals surface area (Å²) in [6.45, 7) is 2.19. The van der Waals surface area contributed by atoms with Gasteiger partial charge in [-0.1, -0.05) is 18.2 Å². The molecule has 1 aliphatic rings. The van der Waals surface area contributed by atoms with Crippen LogP contribution in [-0.4, -0.2) is 51.7 Å². The van der Waals surface area contributed by atoms with Crippen LogP contribution in [0.2, 0.25) is 0 Å². The van der Waals surface area contributed by atoms with Crippen LogP contribution in [0.1, 0.15) is 11.1 Å². The largest absolute Gasteiger partial charge is 0.497 e. The minimum absolute atomic E-state index is 0.0244. The molecule has 10 heteroatoms. The highest BCUT2D eigenvalue weighted by Gasteiger charge is 2.24. The second-order valence-corrected chi connectivity index (χ2v) is 8.92. The number of ether oxygens (including phenoxy) is 3. The van der Waals surface area contributed by atoms with E-state index in [1.807, 2.05) is 29.2 Å². The summed E-state index contributed by atoms with van der Waals surface area (Å²) in [7, 11) is 3.17. The first-order valence-electron chi connectivity index (χ1n) is 12.5. The normalized spacial score (nSPS) is 13.3. The highest BCUT2D eigenvalue weighted by Crippen LogP contribution is 2.43. The van der Waals surface area contributed by atoms with Gasteiger partial charge in [-0.2, -0.15) is 5.26 Å². The fraction of sp³-hybridized carbons (Fsp3) is 0.200. The number of hydrogen-bond acceptors (Lipinski definition) is 9. The lowest BCUT2D eigenvalue weighted by Gasteiger charge is -2.28. The SMILES string of the molecule is COc1ccc(-c2oc(N=Cc3ccc(N4CCOCC4)c([N+](=O)[O-])c3)c(C#N)c2-c2ccc(OC)cc2)cc1. The first-order chi connectivity index (χ1) is 19.5. The highest BCUT2D eigenvalue weighted by molar-refractivity contribution is 5.90. The molecule has 202 valence electrons. The van der Waals surface area contributed by atoms with Crippen LogP contribution >= 0.6 is 0 Å². The standard InChI is InChI=1S/C30H26N4O6/c1-37-23-8-4-21(5-9-23)28-25(18-31)30(40-29(28)22-6-10-24(38-2)11-7-22)32-19-20-3-12-26(27(17-20)34(35)36)33-13-15-39-16-14-33/h3-12,17,19H,13-16H2,1-2H3. The van der Waals surface area contributed by atoms with E-state index in [0.29, 0.717) is 60.4 Å². The lowest BCUT2D eigenvalue weighted by atomic mass is 9.98. The number of morpholine rings is 1. The first kappa shape index (κ1) is 26.5. The van der Waals surface area contributed by atoms with Crippen molar-refractivity contribution < 1.29 is 23.6 Å². The van der Waals surface area contributed by atoms with E-state index in [4.69, 9.17) is 18.6 Å². The van der Waals surface area contributed by atoms with Crippen LogP contribution in [-0.2, 0) is 4.74 Å². The Balaban J connectivity index is 1.57. The predicted molar refractivity (Wildman–Crippen MR) is 151 cm³/mol. The van der Waals surface area contributed by atoms with Gasteiger partial charge in [0.2, 0.25) is 5.88 Å². The van der Waals surface area contributed by atoms with Gasteiger partial charge in [0, 0.05) is 36.5 Å².